The van der Waals surface area contributed by atoms with Gasteiger partial charge in [-0.15, -0.1) is 0 Å². The fourth-order valence-electron chi connectivity index (χ4n) is 3.05. The summed E-state index contributed by atoms with van der Waals surface area (Å²) in [5.74, 6) is 1.21. The van der Waals surface area contributed by atoms with Crippen molar-refractivity contribution in [3.63, 3.8) is 0 Å². The molecule has 0 unspecified atom stereocenters. The molecule has 0 aliphatic carbocycles. The van der Waals surface area contributed by atoms with E-state index in [2.05, 4.69) is 23.5 Å². The minimum Gasteiger partial charge on any atom is -0.493 e. The average molecular weight is 404 g/mol. The molecule has 0 aliphatic heterocycles. The molecule has 2 heterocycles. The number of ether oxygens (including phenoxy) is 1. The first-order valence-corrected chi connectivity index (χ1v) is 9.68. The minimum atomic E-state index is -0.531. The number of nitrogens with one attached hydrogen (secondary N) is 1. The van der Waals surface area contributed by atoms with E-state index in [4.69, 9.17) is 9.26 Å². The first-order valence-electron chi connectivity index (χ1n) is 9.68. The molecule has 30 heavy (non-hydrogen) atoms. The van der Waals surface area contributed by atoms with E-state index in [1.165, 1.54) is 5.56 Å². The zero-order chi connectivity index (χ0) is 21.5. The van der Waals surface area contributed by atoms with Gasteiger partial charge in [-0.3, -0.25) is 4.79 Å². The molecule has 1 N–H and O–H groups in total. The Kier molecular flexibility index (Phi) is 6.71. The highest BCUT2D eigenvalue weighted by Gasteiger charge is 2.13. The second-order valence-corrected chi connectivity index (χ2v) is 7.04. The molecule has 7 nitrogen and oxygen atoms in total. The molecule has 0 aliphatic rings. The standard InChI is InChI=1S/C23H24N4O3/c1-16-7-8-21(17(2)12-16)29-11-5-10-27-9-4-6-20(27)14-19(15-24)23(28)25-22-13-18(3)30-26-22/h4,6-9,12-14H,5,10-11H2,1-3H3,(H,25,26,28)/b19-14-. The van der Waals surface area contributed by atoms with Gasteiger partial charge in [-0.25, -0.2) is 0 Å². The second kappa shape index (κ2) is 9.61. The van der Waals surface area contributed by atoms with Crippen molar-refractivity contribution in [2.75, 3.05) is 11.9 Å². The summed E-state index contributed by atoms with van der Waals surface area (Å²) in [5, 5.41) is 15.7. The van der Waals surface area contributed by atoms with Crippen LogP contribution >= 0.6 is 0 Å². The maximum absolute atomic E-state index is 12.4. The summed E-state index contributed by atoms with van der Waals surface area (Å²) < 4.78 is 12.8. The van der Waals surface area contributed by atoms with Crippen molar-refractivity contribution in [1.82, 2.24) is 9.72 Å². The fraction of sp³-hybridized carbons (Fsp3) is 0.261. The van der Waals surface area contributed by atoms with Crippen LogP contribution in [-0.4, -0.2) is 22.2 Å². The maximum Gasteiger partial charge on any atom is 0.267 e. The lowest BCUT2D eigenvalue weighted by Gasteiger charge is -2.11. The van der Waals surface area contributed by atoms with Crippen molar-refractivity contribution in [2.45, 2.75) is 33.7 Å². The van der Waals surface area contributed by atoms with Gasteiger partial charge in [0, 0.05) is 24.5 Å². The number of carbonyl (C=O) groups excluding carboxylic acids is 1. The normalized spacial score (nSPS) is 11.2. The largest absolute Gasteiger partial charge is 0.493 e. The van der Waals surface area contributed by atoms with Crippen LogP contribution in [0.5, 0.6) is 5.75 Å². The molecule has 0 saturated carbocycles. The lowest BCUT2D eigenvalue weighted by Crippen LogP contribution is -2.14. The molecule has 0 radical (unpaired) electrons. The summed E-state index contributed by atoms with van der Waals surface area (Å²) in [6.45, 7) is 7.09. The zero-order valence-corrected chi connectivity index (χ0v) is 17.3. The molecule has 0 bridgehead atoms. The second-order valence-electron chi connectivity index (χ2n) is 7.04. The number of amides is 1. The number of rotatable bonds is 8. The number of aryl methyl sites for hydroxylation is 4. The Morgan fingerprint density at radius 2 is 2.13 bits per heavy atom. The third-order valence-corrected chi connectivity index (χ3v) is 4.52. The van der Waals surface area contributed by atoms with Gasteiger partial charge in [0.1, 0.15) is 23.2 Å². The first kappa shape index (κ1) is 20.9. The van der Waals surface area contributed by atoms with Crippen LogP contribution in [0.1, 0.15) is 29.0 Å². The van der Waals surface area contributed by atoms with Crippen LogP contribution in [0.2, 0.25) is 0 Å². The number of benzene rings is 1. The highest BCUT2D eigenvalue weighted by atomic mass is 16.5. The SMILES string of the molecule is Cc1ccc(OCCCn2cccc2/C=C(/C#N)C(=O)Nc2cc(C)on2)c(C)c1. The van der Waals surface area contributed by atoms with Crippen molar-refractivity contribution in [3.05, 3.63) is 70.7 Å². The predicted octanol–water partition coefficient (Wildman–Crippen LogP) is 4.42. The maximum atomic E-state index is 12.4. The number of hydrogen-bond acceptors (Lipinski definition) is 5. The van der Waals surface area contributed by atoms with Gasteiger partial charge in [0.2, 0.25) is 0 Å². The van der Waals surface area contributed by atoms with Crippen molar-refractivity contribution in [1.29, 1.82) is 5.26 Å². The summed E-state index contributed by atoms with van der Waals surface area (Å²) in [6.07, 6.45) is 4.26. The van der Waals surface area contributed by atoms with E-state index in [9.17, 15) is 10.1 Å². The fourth-order valence-corrected chi connectivity index (χ4v) is 3.05. The van der Waals surface area contributed by atoms with E-state index in [-0.39, 0.29) is 11.4 Å². The van der Waals surface area contributed by atoms with Crippen LogP contribution in [0.3, 0.4) is 0 Å². The number of anilines is 1. The molecule has 2 aromatic heterocycles. The van der Waals surface area contributed by atoms with Crippen LogP contribution in [0.25, 0.3) is 6.08 Å². The summed E-state index contributed by atoms with van der Waals surface area (Å²) in [6, 6.07) is 13.4. The van der Waals surface area contributed by atoms with Gasteiger partial charge in [0.15, 0.2) is 5.82 Å². The molecule has 3 rings (SSSR count). The number of nitrogens with zero attached hydrogens (tertiary/aromatic N) is 3. The Balaban J connectivity index is 1.59. The zero-order valence-electron chi connectivity index (χ0n) is 17.3. The smallest absolute Gasteiger partial charge is 0.267 e. The Hall–Kier alpha value is -3.79. The first-order chi connectivity index (χ1) is 14.5. The van der Waals surface area contributed by atoms with Gasteiger partial charge in [0.25, 0.3) is 5.91 Å². The van der Waals surface area contributed by atoms with Crippen molar-refractivity contribution in [2.24, 2.45) is 0 Å². The third-order valence-electron chi connectivity index (χ3n) is 4.52. The Morgan fingerprint density at radius 1 is 1.30 bits per heavy atom. The van der Waals surface area contributed by atoms with Crippen LogP contribution in [0.4, 0.5) is 5.82 Å². The number of aromatic nitrogens is 2. The van der Waals surface area contributed by atoms with E-state index < -0.39 is 5.91 Å². The van der Waals surface area contributed by atoms with E-state index in [1.807, 2.05) is 48.0 Å². The summed E-state index contributed by atoms with van der Waals surface area (Å²) in [7, 11) is 0. The molecule has 1 aromatic carbocycles. The quantitative estimate of drug-likeness (QED) is 0.341. The van der Waals surface area contributed by atoms with E-state index >= 15 is 0 Å². The molecular weight excluding hydrogens is 380 g/mol. The topological polar surface area (TPSA) is 93.1 Å². The molecule has 0 spiro atoms. The lowest BCUT2D eigenvalue weighted by atomic mass is 10.1. The Bertz CT molecular complexity index is 1100. The molecule has 0 atom stereocenters. The van der Waals surface area contributed by atoms with Gasteiger partial charge in [-0.1, -0.05) is 22.9 Å². The van der Waals surface area contributed by atoms with E-state index in [0.717, 1.165) is 23.4 Å². The molecule has 7 heteroatoms. The van der Waals surface area contributed by atoms with E-state index in [1.54, 1.807) is 19.1 Å². The molecular formula is C23H24N4O3. The predicted molar refractivity (Wildman–Crippen MR) is 114 cm³/mol. The highest BCUT2D eigenvalue weighted by Crippen LogP contribution is 2.19. The number of carbonyl (C=O) groups is 1. The Morgan fingerprint density at radius 3 is 2.83 bits per heavy atom. The summed E-state index contributed by atoms with van der Waals surface area (Å²) >= 11 is 0. The van der Waals surface area contributed by atoms with Gasteiger partial charge >= 0.3 is 0 Å². The molecule has 0 fully saturated rings. The Labute approximate surface area is 175 Å². The van der Waals surface area contributed by atoms with Gasteiger partial charge in [0.05, 0.1) is 6.61 Å². The van der Waals surface area contributed by atoms with E-state index in [0.29, 0.717) is 18.9 Å². The van der Waals surface area contributed by atoms with Crippen molar-refractivity contribution in [3.8, 4) is 11.8 Å². The van der Waals surface area contributed by atoms with Crippen LogP contribution in [-0.2, 0) is 11.3 Å². The highest BCUT2D eigenvalue weighted by molar-refractivity contribution is 6.09. The van der Waals surface area contributed by atoms with Crippen molar-refractivity contribution < 1.29 is 14.1 Å². The van der Waals surface area contributed by atoms with Crippen LogP contribution < -0.4 is 10.1 Å². The van der Waals surface area contributed by atoms with Crippen LogP contribution in [0.15, 0.2) is 52.7 Å². The van der Waals surface area contributed by atoms with Gasteiger partial charge in [-0.2, -0.15) is 5.26 Å². The summed E-state index contributed by atoms with van der Waals surface area (Å²) in [5.41, 5.74) is 3.08. The van der Waals surface area contributed by atoms with Crippen molar-refractivity contribution >= 4 is 17.8 Å². The third kappa shape index (κ3) is 5.39. The van der Waals surface area contributed by atoms with Crippen LogP contribution in [0, 0.1) is 32.1 Å². The molecule has 0 saturated heterocycles. The minimum absolute atomic E-state index is 0.0119. The molecule has 1 amide bonds. The monoisotopic (exact) mass is 404 g/mol. The summed E-state index contributed by atoms with van der Waals surface area (Å²) in [4.78, 5) is 12.4. The molecule has 154 valence electrons. The number of nitriles is 1. The average Bonchev–Trinajstić information content (AvgIpc) is 3.33. The lowest BCUT2D eigenvalue weighted by molar-refractivity contribution is -0.112. The van der Waals surface area contributed by atoms with Gasteiger partial charge in [-0.05, 0) is 57.0 Å². The van der Waals surface area contributed by atoms with Gasteiger partial charge < -0.3 is 19.1 Å². The molecule has 3 aromatic rings. The number of hydrogen-bond donors (Lipinski definition) is 1.